The van der Waals surface area contributed by atoms with Gasteiger partial charge in [-0.15, -0.1) is 0 Å². The molecule has 0 fully saturated rings. The summed E-state index contributed by atoms with van der Waals surface area (Å²) in [5, 5.41) is 3.78. The number of hydrogen-bond donors (Lipinski definition) is 2. The van der Waals surface area contributed by atoms with Gasteiger partial charge in [0.15, 0.2) is 9.84 Å². The largest absolute Gasteiger partial charge is 0.493 e. The number of primary amides is 1. The SMILES string of the molecule is CS(=O)(=O)c1cc(Cl)c2ncc(C(N)=O)c(Nc3cccc4c3CCO4)c2c1. The average molecular weight is 418 g/mol. The first-order valence-corrected chi connectivity index (χ1v) is 10.7. The van der Waals surface area contributed by atoms with Crippen LogP contribution in [0.1, 0.15) is 15.9 Å². The van der Waals surface area contributed by atoms with Crippen LogP contribution in [0.2, 0.25) is 5.02 Å². The number of anilines is 2. The maximum absolute atomic E-state index is 12.1. The van der Waals surface area contributed by atoms with Crippen LogP contribution in [0.15, 0.2) is 41.4 Å². The average Bonchev–Trinajstić information content (AvgIpc) is 3.10. The highest BCUT2D eigenvalue weighted by Gasteiger charge is 2.21. The molecule has 4 rings (SSSR count). The number of carbonyl (C=O) groups is 1. The van der Waals surface area contributed by atoms with E-state index in [2.05, 4.69) is 10.3 Å². The fourth-order valence-electron chi connectivity index (χ4n) is 3.24. The minimum atomic E-state index is -3.53. The molecule has 7 nitrogen and oxygen atoms in total. The number of fused-ring (bicyclic) bond motifs is 2. The normalized spacial score (nSPS) is 13.2. The van der Waals surface area contributed by atoms with E-state index in [0.29, 0.717) is 29.6 Å². The number of benzene rings is 2. The molecule has 0 saturated heterocycles. The highest BCUT2D eigenvalue weighted by Crippen LogP contribution is 2.38. The number of halogens is 1. The Bertz CT molecular complexity index is 1240. The summed E-state index contributed by atoms with van der Waals surface area (Å²) in [5.41, 5.74) is 8.10. The molecule has 1 aromatic heterocycles. The lowest BCUT2D eigenvalue weighted by atomic mass is 10.1. The van der Waals surface area contributed by atoms with Crippen molar-refractivity contribution in [2.75, 3.05) is 18.2 Å². The number of rotatable bonds is 4. The number of nitrogens with one attached hydrogen (secondary N) is 1. The van der Waals surface area contributed by atoms with E-state index in [4.69, 9.17) is 22.1 Å². The molecule has 144 valence electrons. The van der Waals surface area contributed by atoms with Crippen LogP contribution in [0.3, 0.4) is 0 Å². The Morgan fingerprint density at radius 1 is 1.32 bits per heavy atom. The van der Waals surface area contributed by atoms with Crippen molar-refractivity contribution in [2.24, 2.45) is 5.73 Å². The van der Waals surface area contributed by atoms with E-state index < -0.39 is 15.7 Å². The molecule has 1 aliphatic rings. The summed E-state index contributed by atoms with van der Waals surface area (Å²) in [4.78, 5) is 16.3. The van der Waals surface area contributed by atoms with Gasteiger partial charge < -0.3 is 15.8 Å². The molecular weight excluding hydrogens is 402 g/mol. The molecule has 2 aromatic carbocycles. The number of aromatic nitrogens is 1. The number of sulfone groups is 1. The van der Waals surface area contributed by atoms with Gasteiger partial charge >= 0.3 is 0 Å². The van der Waals surface area contributed by atoms with E-state index in [1.165, 1.54) is 18.3 Å². The third-order valence-electron chi connectivity index (χ3n) is 4.59. The summed E-state index contributed by atoms with van der Waals surface area (Å²) in [6.45, 7) is 0.567. The van der Waals surface area contributed by atoms with Crippen LogP contribution in [0.5, 0.6) is 5.75 Å². The molecule has 1 aliphatic heterocycles. The molecule has 0 saturated carbocycles. The van der Waals surface area contributed by atoms with E-state index >= 15 is 0 Å². The quantitative estimate of drug-likeness (QED) is 0.674. The number of ether oxygens (including phenoxy) is 1. The third kappa shape index (κ3) is 3.14. The maximum atomic E-state index is 12.1. The van der Waals surface area contributed by atoms with E-state index in [9.17, 15) is 13.2 Å². The Labute approximate surface area is 166 Å². The van der Waals surface area contributed by atoms with Crippen LogP contribution >= 0.6 is 11.6 Å². The predicted molar refractivity (Wildman–Crippen MR) is 107 cm³/mol. The van der Waals surface area contributed by atoms with Crippen molar-refractivity contribution in [3.8, 4) is 5.75 Å². The second kappa shape index (κ2) is 6.65. The Morgan fingerprint density at radius 2 is 2.11 bits per heavy atom. The number of carbonyl (C=O) groups excluding carboxylic acids is 1. The molecule has 0 aliphatic carbocycles. The van der Waals surface area contributed by atoms with E-state index in [-0.39, 0.29) is 15.5 Å². The van der Waals surface area contributed by atoms with Gasteiger partial charge in [-0.3, -0.25) is 9.78 Å². The predicted octanol–water partition coefficient (Wildman–Crippen LogP) is 3.07. The zero-order valence-electron chi connectivity index (χ0n) is 14.8. The Kier molecular flexibility index (Phi) is 4.40. The first-order valence-electron chi connectivity index (χ1n) is 8.39. The molecule has 0 radical (unpaired) electrons. The first-order chi connectivity index (χ1) is 13.3. The third-order valence-corrected chi connectivity index (χ3v) is 5.97. The van der Waals surface area contributed by atoms with Crippen LogP contribution in [0.25, 0.3) is 10.9 Å². The second-order valence-corrected chi connectivity index (χ2v) is 8.91. The van der Waals surface area contributed by atoms with Gasteiger partial charge in [-0.2, -0.15) is 0 Å². The maximum Gasteiger partial charge on any atom is 0.252 e. The first kappa shape index (κ1) is 18.5. The fraction of sp³-hybridized carbons (Fsp3) is 0.158. The van der Waals surface area contributed by atoms with Crippen molar-refractivity contribution in [1.82, 2.24) is 4.98 Å². The highest BCUT2D eigenvalue weighted by molar-refractivity contribution is 7.90. The Morgan fingerprint density at radius 3 is 2.82 bits per heavy atom. The van der Waals surface area contributed by atoms with Crippen LogP contribution in [0.4, 0.5) is 11.4 Å². The minimum Gasteiger partial charge on any atom is -0.493 e. The zero-order chi connectivity index (χ0) is 20.1. The van der Waals surface area contributed by atoms with Crippen molar-refractivity contribution in [3.05, 3.63) is 52.7 Å². The molecule has 1 amide bonds. The number of pyridine rings is 1. The molecule has 0 atom stereocenters. The molecule has 0 spiro atoms. The lowest BCUT2D eigenvalue weighted by Crippen LogP contribution is -2.14. The standard InChI is InChI=1S/C19H16ClN3O4S/c1-28(25,26)10-7-12-17(13(19(21)24)9-22-18(12)14(20)8-10)23-15-3-2-4-16-11(15)5-6-27-16/h2-4,7-9H,5-6H2,1H3,(H2,21,24)(H,22,23). The van der Waals surface area contributed by atoms with Crippen LogP contribution in [0, 0.1) is 0 Å². The smallest absolute Gasteiger partial charge is 0.252 e. The number of nitrogens with two attached hydrogens (primary N) is 1. The zero-order valence-corrected chi connectivity index (χ0v) is 16.4. The molecule has 0 unspecified atom stereocenters. The fourth-order valence-corrected chi connectivity index (χ4v) is 4.24. The molecule has 3 aromatic rings. The van der Waals surface area contributed by atoms with Crippen molar-refractivity contribution in [3.63, 3.8) is 0 Å². The van der Waals surface area contributed by atoms with Gasteiger partial charge in [0.25, 0.3) is 5.91 Å². The molecular formula is C19H16ClN3O4S. The lowest BCUT2D eigenvalue weighted by molar-refractivity contribution is 0.100. The molecule has 0 bridgehead atoms. The summed E-state index contributed by atoms with van der Waals surface area (Å²) in [6.07, 6.45) is 3.13. The van der Waals surface area contributed by atoms with Crippen LogP contribution < -0.4 is 15.8 Å². The van der Waals surface area contributed by atoms with Gasteiger partial charge in [-0.25, -0.2) is 8.42 Å². The highest BCUT2D eigenvalue weighted by atomic mass is 35.5. The Hall–Kier alpha value is -2.84. The van der Waals surface area contributed by atoms with E-state index in [0.717, 1.165) is 23.3 Å². The summed E-state index contributed by atoms with van der Waals surface area (Å²) in [7, 11) is -3.53. The van der Waals surface area contributed by atoms with Gasteiger partial charge in [0, 0.05) is 35.5 Å². The Balaban J connectivity index is 2.00. The molecule has 2 heterocycles. The van der Waals surface area contributed by atoms with Gasteiger partial charge in [-0.1, -0.05) is 17.7 Å². The van der Waals surface area contributed by atoms with Gasteiger partial charge in [0.1, 0.15) is 5.75 Å². The van der Waals surface area contributed by atoms with E-state index in [1.807, 2.05) is 18.2 Å². The minimum absolute atomic E-state index is 0.0260. The molecule has 9 heteroatoms. The topological polar surface area (TPSA) is 111 Å². The molecule has 3 N–H and O–H groups in total. The second-order valence-electron chi connectivity index (χ2n) is 6.49. The van der Waals surface area contributed by atoms with Crippen molar-refractivity contribution in [1.29, 1.82) is 0 Å². The van der Waals surface area contributed by atoms with Crippen molar-refractivity contribution >= 4 is 49.6 Å². The summed E-state index contributed by atoms with van der Waals surface area (Å²) in [6, 6.07) is 8.33. The monoisotopic (exact) mass is 417 g/mol. The van der Waals surface area contributed by atoms with Crippen LogP contribution in [-0.2, 0) is 16.3 Å². The van der Waals surface area contributed by atoms with E-state index in [1.54, 1.807) is 0 Å². The summed E-state index contributed by atoms with van der Waals surface area (Å²) < 4.78 is 29.7. The van der Waals surface area contributed by atoms with Gasteiger partial charge in [0.2, 0.25) is 0 Å². The van der Waals surface area contributed by atoms with Crippen molar-refractivity contribution in [2.45, 2.75) is 11.3 Å². The number of amides is 1. The van der Waals surface area contributed by atoms with Crippen LogP contribution in [-0.4, -0.2) is 32.2 Å². The summed E-state index contributed by atoms with van der Waals surface area (Å²) >= 11 is 6.28. The lowest BCUT2D eigenvalue weighted by Gasteiger charge is -2.16. The number of nitrogens with zero attached hydrogens (tertiary/aromatic N) is 1. The summed E-state index contributed by atoms with van der Waals surface area (Å²) in [5.74, 6) is 0.0699. The van der Waals surface area contributed by atoms with Gasteiger partial charge in [-0.05, 0) is 24.3 Å². The van der Waals surface area contributed by atoms with Gasteiger partial charge in [0.05, 0.1) is 33.3 Å². The number of hydrogen-bond acceptors (Lipinski definition) is 6. The molecule has 28 heavy (non-hydrogen) atoms. The van der Waals surface area contributed by atoms with Crippen molar-refractivity contribution < 1.29 is 17.9 Å².